The lowest BCUT2D eigenvalue weighted by Crippen LogP contribution is -2.44. The van der Waals surface area contributed by atoms with Crippen LogP contribution in [-0.4, -0.2) is 68.2 Å². The zero-order chi connectivity index (χ0) is 24.1. The molecule has 1 aliphatic rings. The van der Waals surface area contributed by atoms with Crippen molar-refractivity contribution in [3.8, 4) is 11.5 Å². The zero-order valence-electron chi connectivity index (χ0n) is 18.5. The molecule has 182 valence electrons. The van der Waals surface area contributed by atoms with E-state index in [1.165, 1.54) is 23.1 Å². The molecule has 0 saturated carbocycles. The largest absolute Gasteiger partial charge is 0.573 e. The summed E-state index contributed by atoms with van der Waals surface area (Å²) in [7, 11) is 0. The number of carbonyl (C=O) groups excluding carboxylic acids is 1. The third-order valence-corrected chi connectivity index (χ3v) is 6.28. The van der Waals surface area contributed by atoms with Crippen molar-refractivity contribution in [1.29, 1.82) is 0 Å². The standard InChI is InChI=1S/C23H24F3N3O4S/c1-16-2-4-17(5-3-16)32-15-21(30)29(9-8-28-10-12-31-13-11-28)22-27-19-7-6-18(14-20(19)34-22)33-23(24,25)26/h2-7,14H,8-13,15H2,1H3. The van der Waals surface area contributed by atoms with Gasteiger partial charge in [-0.3, -0.25) is 14.6 Å². The Balaban J connectivity index is 1.52. The summed E-state index contributed by atoms with van der Waals surface area (Å²) in [6.07, 6.45) is -4.78. The first-order valence-electron chi connectivity index (χ1n) is 10.7. The summed E-state index contributed by atoms with van der Waals surface area (Å²) >= 11 is 1.13. The maximum atomic E-state index is 13.1. The van der Waals surface area contributed by atoms with E-state index in [9.17, 15) is 18.0 Å². The van der Waals surface area contributed by atoms with Gasteiger partial charge in [0.25, 0.3) is 5.91 Å². The van der Waals surface area contributed by atoms with Gasteiger partial charge in [0, 0.05) is 32.2 Å². The maximum absolute atomic E-state index is 13.1. The second-order valence-electron chi connectivity index (χ2n) is 7.77. The number of morpholine rings is 1. The molecule has 0 N–H and O–H groups in total. The predicted octanol–water partition coefficient (Wildman–Crippen LogP) is 4.25. The van der Waals surface area contributed by atoms with E-state index in [4.69, 9.17) is 9.47 Å². The van der Waals surface area contributed by atoms with Crippen LogP contribution < -0.4 is 14.4 Å². The number of amides is 1. The van der Waals surface area contributed by atoms with Gasteiger partial charge in [-0.05, 0) is 31.2 Å². The number of rotatable bonds is 8. The Morgan fingerprint density at radius 2 is 1.85 bits per heavy atom. The summed E-state index contributed by atoms with van der Waals surface area (Å²) in [6.45, 7) is 5.53. The number of aryl methyl sites for hydroxylation is 1. The van der Waals surface area contributed by atoms with Crippen LogP contribution in [0.15, 0.2) is 42.5 Å². The summed E-state index contributed by atoms with van der Waals surface area (Å²) in [5.41, 5.74) is 1.56. The van der Waals surface area contributed by atoms with Gasteiger partial charge in [0.15, 0.2) is 11.7 Å². The van der Waals surface area contributed by atoms with Gasteiger partial charge in [0.2, 0.25) is 0 Å². The molecule has 1 fully saturated rings. The fourth-order valence-electron chi connectivity index (χ4n) is 3.46. The summed E-state index contributed by atoms with van der Waals surface area (Å²) in [5.74, 6) is -0.0472. The molecular formula is C23H24F3N3O4S. The lowest BCUT2D eigenvalue weighted by atomic mass is 10.2. The molecule has 7 nitrogen and oxygen atoms in total. The first kappa shape index (κ1) is 24.2. The lowest BCUT2D eigenvalue weighted by molar-refractivity contribution is -0.274. The van der Waals surface area contributed by atoms with Gasteiger partial charge >= 0.3 is 6.36 Å². The second-order valence-corrected chi connectivity index (χ2v) is 8.78. The number of anilines is 1. The number of hydrogen-bond donors (Lipinski definition) is 0. The quantitative estimate of drug-likeness (QED) is 0.466. The van der Waals surface area contributed by atoms with Crippen LogP contribution in [-0.2, 0) is 9.53 Å². The van der Waals surface area contributed by atoms with Gasteiger partial charge in [0.05, 0.1) is 23.4 Å². The topological polar surface area (TPSA) is 64.1 Å². The van der Waals surface area contributed by atoms with Crippen molar-refractivity contribution in [2.75, 3.05) is 50.9 Å². The molecule has 0 atom stereocenters. The molecule has 1 saturated heterocycles. The normalized spacial score (nSPS) is 14.8. The van der Waals surface area contributed by atoms with Gasteiger partial charge in [-0.1, -0.05) is 29.0 Å². The van der Waals surface area contributed by atoms with Crippen LogP contribution in [0.5, 0.6) is 11.5 Å². The Labute approximate surface area is 198 Å². The van der Waals surface area contributed by atoms with Crippen molar-refractivity contribution in [1.82, 2.24) is 9.88 Å². The summed E-state index contributed by atoms with van der Waals surface area (Å²) < 4.78 is 53.3. The number of halogens is 3. The highest BCUT2D eigenvalue weighted by molar-refractivity contribution is 7.22. The molecule has 2 aromatic carbocycles. The lowest BCUT2D eigenvalue weighted by Gasteiger charge is -2.29. The molecule has 1 aliphatic heterocycles. The molecule has 0 unspecified atom stereocenters. The Hall–Kier alpha value is -2.89. The molecule has 34 heavy (non-hydrogen) atoms. The molecule has 0 aliphatic carbocycles. The fraction of sp³-hybridized carbons (Fsp3) is 0.391. The van der Waals surface area contributed by atoms with Crippen molar-refractivity contribution in [3.05, 3.63) is 48.0 Å². The van der Waals surface area contributed by atoms with Crippen molar-refractivity contribution >= 4 is 32.6 Å². The van der Waals surface area contributed by atoms with Gasteiger partial charge in [-0.2, -0.15) is 0 Å². The van der Waals surface area contributed by atoms with Crippen molar-refractivity contribution in [2.24, 2.45) is 0 Å². The first-order valence-corrected chi connectivity index (χ1v) is 11.5. The van der Waals surface area contributed by atoms with E-state index >= 15 is 0 Å². The van der Waals surface area contributed by atoms with E-state index in [1.54, 1.807) is 12.1 Å². The van der Waals surface area contributed by atoms with E-state index in [0.29, 0.717) is 47.4 Å². The summed E-state index contributed by atoms with van der Waals surface area (Å²) in [4.78, 5) is 21.3. The molecule has 2 heterocycles. The third-order valence-electron chi connectivity index (χ3n) is 5.24. The number of ether oxygens (including phenoxy) is 3. The number of aromatic nitrogens is 1. The molecular weight excluding hydrogens is 471 g/mol. The van der Waals surface area contributed by atoms with Gasteiger partial charge < -0.3 is 14.2 Å². The van der Waals surface area contributed by atoms with Crippen molar-refractivity contribution in [2.45, 2.75) is 13.3 Å². The number of hydrogen-bond acceptors (Lipinski definition) is 7. The van der Waals surface area contributed by atoms with Crippen LogP contribution in [0, 0.1) is 6.92 Å². The number of alkyl halides is 3. The monoisotopic (exact) mass is 495 g/mol. The number of carbonyl (C=O) groups is 1. The molecule has 4 rings (SSSR count). The van der Waals surface area contributed by atoms with Crippen LogP contribution in [0.4, 0.5) is 18.3 Å². The average Bonchev–Trinajstić information content (AvgIpc) is 3.21. The predicted molar refractivity (Wildman–Crippen MR) is 123 cm³/mol. The molecule has 0 spiro atoms. The van der Waals surface area contributed by atoms with E-state index in [1.807, 2.05) is 19.1 Å². The first-order chi connectivity index (χ1) is 16.3. The molecule has 0 bridgehead atoms. The highest BCUT2D eigenvalue weighted by atomic mass is 32.1. The summed E-state index contributed by atoms with van der Waals surface area (Å²) in [6, 6.07) is 11.3. The summed E-state index contributed by atoms with van der Waals surface area (Å²) in [5, 5.41) is 0.393. The van der Waals surface area contributed by atoms with Crippen molar-refractivity contribution in [3.63, 3.8) is 0 Å². The van der Waals surface area contributed by atoms with E-state index in [2.05, 4.69) is 14.6 Å². The minimum Gasteiger partial charge on any atom is -0.484 e. The Morgan fingerprint density at radius 1 is 1.15 bits per heavy atom. The van der Waals surface area contributed by atoms with Crippen LogP contribution >= 0.6 is 11.3 Å². The Bertz CT molecular complexity index is 1110. The van der Waals surface area contributed by atoms with Crippen LogP contribution in [0.2, 0.25) is 0 Å². The van der Waals surface area contributed by atoms with Crippen LogP contribution in [0.1, 0.15) is 5.56 Å². The van der Waals surface area contributed by atoms with Crippen LogP contribution in [0.3, 0.4) is 0 Å². The van der Waals surface area contributed by atoms with E-state index < -0.39 is 6.36 Å². The van der Waals surface area contributed by atoms with Crippen molar-refractivity contribution < 1.29 is 32.2 Å². The second kappa shape index (κ2) is 10.6. The fourth-order valence-corrected chi connectivity index (χ4v) is 4.49. The Kier molecular flexibility index (Phi) is 7.54. The SMILES string of the molecule is Cc1ccc(OCC(=O)N(CCN2CCOCC2)c2nc3ccc(OC(F)(F)F)cc3s2)cc1. The minimum absolute atomic E-state index is 0.190. The molecule has 3 aromatic rings. The number of fused-ring (bicyclic) bond motifs is 1. The highest BCUT2D eigenvalue weighted by Gasteiger charge is 2.31. The minimum atomic E-state index is -4.78. The third kappa shape index (κ3) is 6.58. The van der Waals surface area contributed by atoms with Gasteiger partial charge in [0.1, 0.15) is 11.5 Å². The number of thiazole rings is 1. The smallest absolute Gasteiger partial charge is 0.484 e. The van der Waals surface area contributed by atoms with Gasteiger partial charge in [-0.15, -0.1) is 13.2 Å². The zero-order valence-corrected chi connectivity index (χ0v) is 19.3. The number of nitrogens with zero attached hydrogens (tertiary/aromatic N) is 3. The molecule has 1 amide bonds. The van der Waals surface area contributed by atoms with Crippen LogP contribution in [0.25, 0.3) is 10.2 Å². The molecule has 0 radical (unpaired) electrons. The molecule has 1 aromatic heterocycles. The maximum Gasteiger partial charge on any atom is 0.573 e. The highest BCUT2D eigenvalue weighted by Crippen LogP contribution is 2.33. The van der Waals surface area contributed by atoms with E-state index in [0.717, 1.165) is 30.0 Å². The Morgan fingerprint density at radius 3 is 2.56 bits per heavy atom. The average molecular weight is 496 g/mol. The number of benzene rings is 2. The van der Waals surface area contributed by atoms with E-state index in [-0.39, 0.29) is 18.3 Å². The molecule has 11 heteroatoms. The van der Waals surface area contributed by atoms with Gasteiger partial charge in [-0.25, -0.2) is 4.98 Å².